The van der Waals surface area contributed by atoms with E-state index in [9.17, 15) is 4.79 Å². The van der Waals surface area contributed by atoms with Crippen molar-refractivity contribution in [2.45, 2.75) is 25.2 Å². The Kier molecular flexibility index (Phi) is 2.49. The minimum absolute atomic E-state index is 0.174. The number of hydrogen-bond donors (Lipinski definition) is 0. The minimum Gasteiger partial charge on any atom is -0.299 e. The van der Waals surface area contributed by atoms with Gasteiger partial charge < -0.3 is 0 Å². The molecule has 13 heavy (non-hydrogen) atoms. The lowest BCUT2D eigenvalue weighted by atomic mass is 9.97. The molecule has 0 heterocycles. The summed E-state index contributed by atoms with van der Waals surface area (Å²) in [5.74, 6) is 0.579. The molecule has 68 valence electrons. The first-order valence-electron chi connectivity index (χ1n) is 4.55. The van der Waals surface area contributed by atoms with Gasteiger partial charge >= 0.3 is 0 Å². The Balaban J connectivity index is 2.25. The maximum atomic E-state index is 11.4. The van der Waals surface area contributed by atoms with Gasteiger partial charge in [-0.05, 0) is 30.5 Å². The normalized spacial score (nSPS) is 22.2. The number of benzene rings is 1. The largest absolute Gasteiger partial charge is 0.299 e. The van der Waals surface area contributed by atoms with E-state index in [1.165, 1.54) is 5.56 Å². The molecule has 0 saturated heterocycles. The zero-order valence-corrected chi connectivity index (χ0v) is 8.88. The second-order valence-electron chi connectivity index (χ2n) is 3.46. The Morgan fingerprint density at radius 1 is 1.23 bits per heavy atom. The summed E-state index contributed by atoms with van der Waals surface area (Å²) in [5.41, 5.74) is 1.17. The van der Waals surface area contributed by atoms with E-state index >= 15 is 0 Å². The van der Waals surface area contributed by atoms with Gasteiger partial charge in [0.2, 0.25) is 0 Å². The van der Waals surface area contributed by atoms with Crippen LogP contribution < -0.4 is 0 Å². The van der Waals surface area contributed by atoms with Crippen molar-refractivity contribution in [2.75, 3.05) is 0 Å². The standard InChI is InChI=1S/C11H11BrO/c12-9-6-4-8(5-7-9)10-2-1-3-11(10)13/h4-7,10H,1-3H2/t10-/m1/s1. The summed E-state index contributed by atoms with van der Waals surface area (Å²) in [4.78, 5) is 11.4. The third-order valence-electron chi connectivity index (χ3n) is 2.58. The summed E-state index contributed by atoms with van der Waals surface area (Å²) in [7, 11) is 0. The quantitative estimate of drug-likeness (QED) is 0.734. The molecule has 2 rings (SSSR count). The highest BCUT2D eigenvalue weighted by Crippen LogP contribution is 2.31. The molecule has 1 aromatic rings. The van der Waals surface area contributed by atoms with Gasteiger partial charge in [0.1, 0.15) is 5.78 Å². The maximum Gasteiger partial charge on any atom is 0.140 e. The molecule has 0 unspecified atom stereocenters. The van der Waals surface area contributed by atoms with Crippen molar-refractivity contribution >= 4 is 21.7 Å². The summed E-state index contributed by atoms with van der Waals surface area (Å²) in [6, 6.07) is 8.08. The van der Waals surface area contributed by atoms with E-state index in [-0.39, 0.29) is 5.92 Å². The van der Waals surface area contributed by atoms with Crippen molar-refractivity contribution in [1.82, 2.24) is 0 Å². The minimum atomic E-state index is 0.174. The van der Waals surface area contributed by atoms with Crippen molar-refractivity contribution < 1.29 is 4.79 Å². The predicted molar refractivity (Wildman–Crippen MR) is 55.7 cm³/mol. The molecule has 0 amide bonds. The lowest BCUT2D eigenvalue weighted by Gasteiger charge is -2.07. The molecule has 0 N–H and O–H groups in total. The van der Waals surface area contributed by atoms with Crippen molar-refractivity contribution in [3.8, 4) is 0 Å². The number of carbonyl (C=O) groups excluding carboxylic acids is 1. The molecule has 0 aromatic heterocycles. The van der Waals surface area contributed by atoms with Gasteiger partial charge in [0.05, 0.1) is 0 Å². The molecule has 1 aliphatic carbocycles. The Bertz CT molecular complexity index is 315. The molecule has 0 spiro atoms. The highest BCUT2D eigenvalue weighted by Gasteiger charge is 2.25. The molecule has 1 nitrogen and oxygen atoms in total. The summed E-state index contributed by atoms with van der Waals surface area (Å²) < 4.78 is 1.07. The zero-order valence-electron chi connectivity index (χ0n) is 7.29. The molecule has 1 aliphatic rings. The highest BCUT2D eigenvalue weighted by atomic mass is 79.9. The molecule has 0 aliphatic heterocycles. The van der Waals surface area contributed by atoms with Gasteiger partial charge in [-0.15, -0.1) is 0 Å². The number of halogens is 1. The van der Waals surface area contributed by atoms with E-state index in [2.05, 4.69) is 15.9 Å². The van der Waals surface area contributed by atoms with Gasteiger partial charge in [-0.25, -0.2) is 0 Å². The summed E-state index contributed by atoms with van der Waals surface area (Å²) in [6.07, 6.45) is 2.85. The van der Waals surface area contributed by atoms with Crippen molar-refractivity contribution in [1.29, 1.82) is 0 Å². The van der Waals surface area contributed by atoms with Crippen LogP contribution in [0.4, 0.5) is 0 Å². The fourth-order valence-corrected chi connectivity index (χ4v) is 2.13. The number of hydrogen-bond acceptors (Lipinski definition) is 1. The number of ketones is 1. The van der Waals surface area contributed by atoms with Gasteiger partial charge in [-0.1, -0.05) is 28.1 Å². The van der Waals surface area contributed by atoms with Gasteiger partial charge in [0, 0.05) is 16.8 Å². The van der Waals surface area contributed by atoms with E-state index in [1.54, 1.807) is 0 Å². The van der Waals surface area contributed by atoms with Crippen LogP contribution in [0.1, 0.15) is 30.7 Å². The third kappa shape index (κ3) is 1.83. The molecule has 0 radical (unpaired) electrons. The monoisotopic (exact) mass is 238 g/mol. The number of rotatable bonds is 1. The topological polar surface area (TPSA) is 17.1 Å². The second kappa shape index (κ2) is 3.62. The Morgan fingerprint density at radius 2 is 1.92 bits per heavy atom. The summed E-state index contributed by atoms with van der Waals surface area (Å²) in [5, 5.41) is 0. The molecule has 1 aromatic carbocycles. The predicted octanol–water partition coefficient (Wildman–Crippen LogP) is 3.29. The van der Waals surface area contributed by atoms with Gasteiger partial charge in [-0.3, -0.25) is 4.79 Å². The SMILES string of the molecule is O=C1CCC[C@@H]1c1ccc(Br)cc1. The fourth-order valence-electron chi connectivity index (χ4n) is 1.86. The Labute approximate surface area is 86.3 Å². The first-order valence-corrected chi connectivity index (χ1v) is 5.35. The molecule has 0 bridgehead atoms. The number of carbonyl (C=O) groups is 1. The molecule has 2 heteroatoms. The van der Waals surface area contributed by atoms with E-state index in [0.717, 1.165) is 23.7 Å². The van der Waals surface area contributed by atoms with Crippen LogP contribution in [0.25, 0.3) is 0 Å². The maximum absolute atomic E-state index is 11.4. The van der Waals surface area contributed by atoms with Crippen LogP contribution in [-0.2, 0) is 4.79 Å². The zero-order chi connectivity index (χ0) is 9.26. The van der Waals surface area contributed by atoms with Crippen LogP contribution in [0.5, 0.6) is 0 Å². The molecular formula is C11H11BrO. The molecule has 1 fully saturated rings. The Morgan fingerprint density at radius 3 is 2.46 bits per heavy atom. The lowest BCUT2D eigenvalue weighted by Crippen LogP contribution is -2.03. The smallest absolute Gasteiger partial charge is 0.140 e. The van der Waals surface area contributed by atoms with Crippen LogP contribution in [0, 0.1) is 0 Å². The van der Waals surface area contributed by atoms with E-state index in [1.807, 2.05) is 24.3 Å². The summed E-state index contributed by atoms with van der Waals surface area (Å²) >= 11 is 3.38. The first kappa shape index (κ1) is 8.95. The average molecular weight is 239 g/mol. The average Bonchev–Trinajstić information content (AvgIpc) is 2.53. The first-order chi connectivity index (χ1) is 6.27. The van der Waals surface area contributed by atoms with Crippen LogP contribution in [0.3, 0.4) is 0 Å². The number of Topliss-reactive ketones (excluding diaryl/α,β-unsaturated/α-hetero) is 1. The highest BCUT2D eigenvalue weighted by molar-refractivity contribution is 9.10. The van der Waals surface area contributed by atoms with E-state index in [4.69, 9.17) is 0 Å². The molecule has 1 saturated carbocycles. The van der Waals surface area contributed by atoms with Crippen molar-refractivity contribution in [3.63, 3.8) is 0 Å². The van der Waals surface area contributed by atoms with Crippen molar-refractivity contribution in [3.05, 3.63) is 34.3 Å². The van der Waals surface area contributed by atoms with Crippen molar-refractivity contribution in [2.24, 2.45) is 0 Å². The van der Waals surface area contributed by atoms with Crippen LogP contribution >= 0.6 is 15.9 Å². The lowest BCUT2D eigenvalue weighted by molar-refractivity contribution is -0.118. The van der Waals surface area contributed by atoms with E-state index in [0.29, 0.717) is 5.78 Å². The third-order valence-corrected chi connectivity index (χ3v) is 3.11. The van der Waals surface area contributed by atoms with Gasteiger partial charge in [0.15, 0.2) is 0 Å². The molecular weight excluding hydrogens is 228 g/mol. The molecule has 1 atom stereocenters. The Hall–Kier alpha value is -0.630. The van der Waals surface area contributed by atoms with Crippen LogP contribution in [-0.4, -0.2) is 5.78 Å². The fraction of sp³-hybridized carbons (Fsp3) is 0.364. The second-order valence-corrected chi connectivity index (χ2v) is 4.38. The van der Waals surface area contributed by atoms with E-state index < -0.39 is 0 Å². The van der Waals surface area contributed by atoms with Crippen LogP contribution in [0.15, 0.2) is 28.7 Å². The van der Waals surface area contributed by atoms with Gasteiger partial charge in [0.25, 0.3) is 0 Å². The van der Waals surface area contributed by atoms with Gasteiger partial charge in [-0.2, -0.15) is 0 Å². The summed E-state index contributed by atoms with van der Waals surface area (Å²) in [6.45, 7) is 0. The van der Waals surface area contributed by atoms with Crippen LogP contribution in [0.2, 0.25) is 0 Å².